The predicted molar refractivity (Wildman–Crippen MR) is 126 cm³/mol. The van der Waals surface area contributed by atoms with Crippen LogP contribution in [0.5, 0.6) is 0 Å². The lowest BCUT2D eigenvalue weighted by atomic mass is 9.61. The number of benzene rings is 2. The third-order valence-corrected chi connectivity index (χ3v) is 8.13. The third kappa shape index (κ3) is 2.95. The summed E-state index contributed by atoms with van der Waals surface area (Å²) < 4.78 is 19.8. The highest BCUT2D eigenvalue weighted by molar-refractivity contribution is 6.30. The van der Waals surface area contributed by atoms with Crippen molar-refractivity contribution in [2.24, 2.45) is 21.3 Å². The zero-order valence-electron chi connectivity index (χ0n) is 18.5. The van der Waals surface area contributed by atoms with Crippen LogP contribution in [0.1, 0.15) is 36.8 Å². The highest BCUT2D eigenvalue weighted by atomic mass is 35.5. The first-order valence-electron chi connectivity index (χ1n) is 11.4. The van der Waals surface area contributed by atoms with E-state index in [1.165, 1.54) is 17.7 Å². The molecule has 1 atom stereocenters. The number of halogens is 2. The van der Waals surface area contributed by atoms with Crippen molar-refractivity contribution in [3.63, 3.8) is 0 Å². The topological polar surface area (TPSA) is 72.4 Å². The smallest absolute Gasteiger partial charge is 0.198 e. The molecule has 8 heteroatoms. The Labute approximate surface area is 197 Å². The molecule has 0 amide bonds. The van der Waals surface area contributed by atoms with Crippen LogP contribution < -0.4 is 5.73 Å². The first kappa shape index (κ1) is 20.9. The molecule has 1 saturated carbocycles. The zero-order chi connectivity index (χ0) is 22.8. The van der Waals surface area contributed by atoms with E-state index >= 15 is 0 Å². The highest BCUT2D eigenvalue weighted by Gasteiger charge is 2.66. The van der Waals surface area contributed by atoms with E-state index in [0.717, 1.165) is 54.6 Å². The molecule has 6 rings (SSSR count). The maximum atomic E-state index is 14.1. The van der Waals surface area contributed by atoms with Crippen molar-refractivity contribution in [3.8, 4) is 11.1 Å². The molecule has 2 aliphatic heterocycles. The Morgan fingerprint density at radius 2 is 2.00 bits per heavy atom. The van der Waals surface area contributed by atoms with Crippen molar-refractivity contribution >= 4 is 23.4 Å². The van der Waals surface area contributed by atoms with Crippen LogP contribution in [0.3, 0.4) is 0 Å². The molecule has 2 heterocycles. The number of oxime groups is 1. The van der Waals surface area contributed by atoms with E-state index in [0.29, 0.717) is 24.1 Å². The minimum absolute atomic E-state index is 0.165. The van der Waals surface area contributed by atoms with Crippen molar-refractivity contribution in [2.75, 3.05) is 20.3 Å². The molecule has 2 aromatic rings. The van der Waals surface area contributed by atoms with Gasteiger partial charge >= 0.3 is 0 Å². The molecule has 4 aliphatic rings. The molecule has 33 heavy (non-hydrogen) atoms. The van der Waals surface area contributed by atoms with E-state index in [1.807, 2.05) is 11.0 Å². The molecule has 0 saturated heterocycles. The van der Waals surface area contributed by atoms with Gasteiger partial charge in [0.05, 0.1) is 12.6 Å². The molecular formula is C25H26ClFN4O2. The molecular weight excluding hydrogens is 443 g/mol. The Kier molecular flexibility index (Phi) is 4.72. The Balaban J connectivity index is 1.55. The molecule has 172 valence electrons. The van der Waals surface area contributed by atoms with Crippen LogP contribution in [0.15, 0.2) is 46.5 Å². The monoisotopic (exact) mass is 468 g/mol. The van der Waals surface area contributed by atoms with E-state index in [4.69, 9.17) is 31.9 Å². The first-order valence-corrected chi connectivity index (χ1v) is 11.8. The van der Waals surface area contributed by atoms with Crippen molar-refractivity contribution < 1.29 is 14.0 Å². The normalized spacial score (nSPS) is 30.2. The fourth-order valence-electron chi connectivity index (χ4n) is 6.36. The molecule has 0 bridgehead atoms. The molecule has 0 radical (unpaired) electrons. The van der Waals surface area contributed by atoms with Crippen LogP contribution in [0.25, 0.3) is 11.1 Å². The summed E-state index contributed by atoms with van der Waals surface area (Å²) >= 11 is 6.16. The summed E-state index contributed by atoms with van der Waals surface area (Å²) in [5, 5.41) is 4.90. The average Bonchev–Trinajstić information content (AvgIpc) is 3.26. The van der Waals surface area contributed by atoms with E-state index in [1.54, 1.807) is 13.2 Å². The van der Waals surface area contributed by atoms with Gasteiger partial charge in [-0.25, -0.2) is 9.38 Å². The van der Waals surface area contributed by atoms with Gasteiger partial charge in [0.1, 0.15) is 12.4 Å². The number of hydrogen-bond acceptors (Lipinski definition) is 6. The number of hydrogen-bond donors (Lipinski definition) is 1. The van der Waals surface area contributed by atoms with Gasteiger partial charge < -0.3 is 15.3 Å². The highest BCUT2D eigenvalue weighted by Crippen LogP contribution is 2.62. The van der Waals surface area contributed by atoms with Gasteiger partial charge in [0.25, 0.3) is 0 Å². The number of amidine groups is 1. The Morgan fingerprint density at radius 3 is 2.76 bits per heavy atom. The molecule has 6 nitrogen and oxygen atoms in total. The van der Waals surface area contributed by atoms with Gasteiger partial charge in [-0.1, -0.05) is 28.9 Å². The fraction of sp³-hybridized carbons (Fsp3) is 0.440. The van der Waals surface area contributed by atoms with Crippen molar-refractivity contribution in [3.05, 3.63) is 58.4 Å². The van der Waals surface area contributed by atoms with Crippen molar-refractivity contribution in [1.29, 1.82) is 0 Å². The quantitative estimate of drug-likeness (QED) is 0.707. The van der Waals surface area contributed by atoms with Gasteiger partial charge in [-0.15, -0.1) is 0 Å². The van der Waals surface area contributed by atoms with E-state index < -0.39 is 5.54 Å². The van der Waals surface area contributed by atoms with Crippen LogP contribution in [-0.4, -0.2) is 43.1 Å². The SMILES string of the molecule is COC1CCC2(CC1)Cc1ccc(-c3cc(F)cc(Cl)c3)cc1C21N=C(N)N2CCON=C21. The van der Waals surface area contributed by atoms with Gasteiger partial charge in [-0.05, 0) is 78.6 Å². The van der Waals surface area contributed by atoms with Crippen LogP contribution in [0, 0.1) is 11.2 Å². The number of nitrogens with two attached hydrogens (primary N) is 1. The second-order valence-corrected chi connectivity index (χ2v) is 9.94. The number of aliphatic imine (C=N–C) groups is 1. The number of ether oxygens (including phenoxy) is 1. The second kappa shape index (κ2) is 7.43. The molecule has 1 fully saturated rings. The molecule has 2 N–H and O–H groups in total. The van der Waals surface area contributed by atoms with E-state index in [-0.39, 0.29) is 17.3 Å². The van der Waals surface area contributed by atoms with Crippen LogP contribution in [0.4, 0.5) is 4.39 Å². The summed E-state index contributed by atoms with van der Waals surface area (Å²) in [6, 6.07) is 10.9. The van der Waals surface area contributed by atoms with Gasteiger partial charge in [0.15, 0.2) is 17.3 Å². The molecule has 2 aromatic carbocycles. The summed E-state index contributed by atoms with van der Waals surface area (Å²) in [5.41, 5.74) is 9.52. The van der Waals surface area contributed by atoms with Gasteiger partial charge in [-0.2, -0.15) is 0 Å². The lowest BCUT2D eigenvalue weighted by Gasteiger charge is -2.46. The summed E-state index contributed by atoms with van der Waals surface area (Å²) in [7, 11) is 1.78. The Bertz CT molecular complexity index is 1170. The maximum Gasteiger partial charge on any atom is 0.198 e. The summed E-state index contributed by atoms with van der Waals surface area (Å²) in [6.07, 6.45) is 4.96. The Hall–Kier alpha value is -2.64. The number of fused-ring (bicyclic) bond motifs is 5. The summed E-state index contributed by atoms with van der Waals surface area (Å²) in [4.78, 5) is 12.7. The van der Waals surface area contributed by atoms with Crippen LogP contribution >= 0.6 is 11.6 Å². The van der Waals surface area contributed by atoms with Crippen LogP contribution in [-0.2, 0) is 21.5 Å². The standard InChI is InChI=1S/C25H26ClFN4O2/c1-32-20-4-6-24(7-5-20)14-16-3-2-15(17-10-18(26)13-19(27)11-17)12-21(16)25(24)22-30-33-9-8-31(22)23(28)29-25/h2-3,10-13,20H,4-9,14H2,1H3,(H2,28,29). The largest absolute Gasteiger partial charge is 0.392 e. The van der Waals surface area contributed by atoms with Gasteiger partial charge in [-0.3, -0.25) is 4.90 Å². The summed E-state index contributed by atoms with van der Waals surface area (Å²) in [6.45, 7) is 1.10. The Morgan fingerprint density at radius 1 is 1.18 bits per heavy atom. The number of guanidine groups is 1. The lowest BCUT2D eigenvalue weighted by molar-refractivity contribution is 0.00907. The molecule has 2 aliphatic carbocycles. The third-order valence-electron chi connectivity index (χ3n) is 7.91. The van der Waals surface area contributed by atoms with Crippen LogP contribution in [0.2, 0.25) is 5.02 Å². The maximum absolute atomic E-state index is 14.1. The molecule has 0 aromatic heterocycles. The number of nitrogens with zero attached hydrogens (tertiary/aromatic N) is 3. The van der Waals surface area contributed by atoms with E-state index in [9.17, 15) is 4.39 Å². The molecule has 1 unspecified atom stereocenters. The van der Waals surface area contributed by atoms with E-state index in [2.05, 4.69) is 17.3 Å². The van der Waals surface area contributed by atoms with Crippen molar-refractivity contribution in [2.45, 2.75) is 43.7 Å². The predicted octanol–water partition coefficient (Wildman–Crippen LogP) is 4.45. The first-order chi connectivity index (χ1) is 16.0. The van der Waals surface area contributed by atoms with Crippen molar-refractivity contribution in [1.82, 2.24) is 4.90 Å². The summed E-state index contributed by atoms with van der Waals surface area (Å²) in [5.74, 6) is 0.897. The molecule has 2 spiro atoms. The zero-order valence-corrected chi connectivity index (χ0v) is 19.2. The lowest BCUT2D eigenvalue weighted by Crippen LogP contribution is -2.53. The number of methoxy groups -OCH3 is 1. The van der Waals surface area contributed by atoms with Gasteiger partial charge in [0.2, 0.25) is 0 Å². The minimum Gasteiger partial charge on any atom is -0.392 e. The van der Waals surface area contributed by atoms with Gasteiger partial charge in [0, 0.05) is 17.5 Å². The fourth-order valence-corrected chi connectivity index (χ4v) is 6.58. The average molecular weight is 469 g/mol. The minimum atomic E-state index is -0.724. The number of rotatable bonds is 2. The second-order valence-electron chi connectivity index (χ2n) is 9.50.